The lowest BCUT2D eigenvalue weighted by Gasteiger charge is -2.41. The van der Waals surface area contributed by atoms with E-state index < -0.39 is 0 Å². The fourth-order valence-electron chi connectivity index (χ4n) is 3.84. The van der Waals surface area contributed by atoms with Gasteiger partial charge in [0, 0.05) is 18.6 Å². The zero-order valence-electron chi connectivity index (χ0n) is 12.2. The summed E-state index contributed by atoms with van der Waals surface area (Å²) >= 11 is 0. The average molecular weight is 258 g/mol. The van der Waals surface area contributed by atoms with E-state index in [0.29, 0.717) is 12.1 Å². The molecule has 104 valence electrons. The van der Waals surface area contributed by atoms with E-state index in [4.69, 9.17) is 0 Å². The Kier molecular flexibility index (Phi) is 3.90. The molecule has 1 fully saturated rings. The van der Waals surface area contributed by atoms with Gasteiger partial charge in [-0.05, 0) is 56.3 Å². The normalized spacial score (nSPS) is 31.2. The lowest BCUT2D eigenvalue weighted by atomic mass is 9.80. The summed E-state index contributed by atoms with van der Waals surface area (Å²) in [5.74, 6) is 0.727. The van der Waals surface area contributed by atoms with Crippen molar-refractivity contribution >= 4 is 0 Å². The van der Waals surface area contributed by atoms with Crippen LogP contribution in [0.2, 0.25) is 0 Å². The van der Waals surface area contributed by atoms with E-state index in [2.05, 4.69) is 48.5 Å². The van der Waals surface area contributed by atoms with Gasteiger partial charge >= 0.3 is 0 Å². The molecule has 3 unspecified atom stereocenters. The molecular weight excluding hydrogens is 232 g/mol. The molecule has 0 radical (unpaired) electrons. The van der Waals surface area contributed by atoms with E-state index >= 15 is 0 Å². The third-order valence-corrected chi connectivity index (χ3v) is 5.10. The molecule has 1 N–H and O–H groups in total. The number of rotatable bonds is 2. The molecule has 2 aliphatic rings. The highest BCUT2D eigenvalue weighted by Gasteiger charge is 2.30. The van der Waals surface area contributed by atoms with Crippen LogP contribution in [0.25, 0.3) is 0 Å². The third kappa shape index (κ3) is 2.56. The second-order valence-electron chi connectivity index (χ2n) is 6.29. The van der Waals surface area contributed by atoms with Crippen molar-refractivity contribution in [3.05, 3.63) is 35.4 Å². The molecule has 1 aromatic rings. The van der Waals surface area contributed by atoms with Crippen molar-refractivity contribution in [2.45, 2.75) is 50.6 Å². The molecule has 19 heavy (non-hydrogen) atoms. The summed E-state index contributed by atoms with van der Waals surface area (Å²) in [6.07, 6.45) is 5.30. The van der Waals surface area contributed by atoms with E-state index in [-0.39, 0.29) is 0 Å². The minimum atomic E-state index is 0.622. The molecule has 0 bridgehead atoms. The summed E-state index contributed by atoms with van der Waals surface area (Å²) in [5.41, 5.74) is 3.16. The first-order valence-corrected chi connectivity index (χ1v) is 7.79. The predicted octanol–water partition coefficient (Wildman–Crippen LogP) is 3.31. The van der Waals surface area contributed by atoms with Gasteiger partial charge < -0.3 is 5.32 Å². The lowest BCUT2D eigenvalue weighted by Crippen LogP contribution is -2.46. The molecule has 0 saturated carbocycles. The van der Waals surface area contributed by atoms with E-state index in [0.717, 1.165) is 12.5 Å². The Labute approximate surface area is 117 Å². The van der Waals surface area contributed by atoms with Gasteiger partial charge in [0.25, 0.3) is 0 Å². The largest absolute Gasteiger partial charge is 0.315 e. The smallest absolute Gasteiger partial charge is 0.0351 e. The second kappa shape index (κ2) is 5.64. The van der Waals surface area contributed by atoms with Crippen molar-refractivity contribution < 1.29 is 0 Å². The molecule has 1 saturated heterocycles. The molecule has 3 atom stereocenters. The highest BCUT2D eigenvalue weighted by Crippen LogP contribution is 2.40. The summed E-state index contributed by atoms with van der Waals surface area (Å²) < 4.78 is 0. The zero-order chi connectivity index (χ0) is 13.2. The molecule has 0 amide bonds. The van der Waals surface area contributed by atoms with E-state index in [1.807, 2.05) is 0 Å². The predicted molar refractivity (Wildman–Crippen MR) is 80.5 cm³/mol. The molecule has 1 aliphatic carbocycles. The van der Waals surface area contributed by atoms with Gasteiger partial charge in [0.05, 0.1) is 0 Å². The van der Waals surface area contributed by atoms with Crippen LogP contribution < -0.4 is 5.32 Å². The number of hydrogen-bond donors (Lipinski definition) is 1. The second-order valence-corrected chi connectivity index (χ2v) is 6.29. The average Bonchev–Trinajstić information content (AvgIpc) is 2.48. The van der Waals surface area contributed by atoms with Crippen molar-refractivity contribution in [2.24, 2.45) is 0 Å². The highest BCUT2D eigenvalue weighted by molar-refractivity contribution is 5.35. The standard InChI is InChI=1S/C17H26N2/c1-13-9-10-17(16-8-4-3-7-15(13)16)19(2)14-6-5-11-18-12-14/h3-4,7-8,13-14,17-18H,5-6,9-12H2,1-2H3. The molecule has 1 aliphatic heterocycles. The van der Waals surface area contributed by atoms with Crippen LogP contribution in [0.4, 0.5) is 0 Å². The van der Waals surface area contributed by atoms with Crippen molar-refractivity contribution in [3.8, 4) is 0 Å². The van der Waals surface area contributed by atoms with Crippen LogP contribution >= 0.6 is 0 Å². The molecule has 1 aromatic carbocycles. The molecule has 0 aromatic heterocycles. The minimum Gasteiger partial charge on any atom is -0.315 e. The Balaban J connectivity index is 1.83. The lowest BCUT2D eigenvalue weighted by molar-refractivity contribution is 0.131. The Morgan fingerprint density at radius 3 is 2.63 bits per heavy atom. The van der Waals surface area contributed by atoms with E-state index in [9.17, 15) is 0 Å². The van der Waals surface area contributed by atoms with Gasteiger partial charge in [0.2, 0.25) is 0 Å². The molecule has 3 rings (SSSR count). The molecule has 0 spiro atoms. The summed E-state index contributed by atoms with van der Waals surface area (Å²) in [7, 11) is 2.33. The Morgan fingerprint density at radius 2 is 1.89 bits per heavy atom. The summed E-state index contributed by atoms with van der Waals surface area (Å²) in [6, 6.07) is 10.4. The van der Waals surface area contributed by atoms with Crippen LogP contribution in [0.15, 0.2) is 24.3 Å². The number of likely N-dealkylation sites (N-methyl/N-ethyl adjacent to an activating group) is 1. The van der Waals surface area contributed by atoms with Crippen molar-refractivity contribution in [1.82, 2.24) is 10.2 Å². The van der Waals surface area contributed by atoms with Crippen LogP contribution in [0.3, 0.4) is 0 Å². The number of nitrogens with zero attached hydrogens (tertiary/aromatic N) is 1. The summed E-state index contributed by atoms with van der Waals surface area (Å²) in [6.45, 7) is 4.73. The first-order chi connectivity index (χ1) is 9.27. The molecule has 2 nitrogen and oxygen atoms in total. The third-order valence-electron chi connectivity index (χ3n) is 5.10. The van der Waals surface area contributed by atoms with Gasteiger partial charge in [0.15, 0.2) is 0 Å². The Morgan fingerprint density at radius 1 is 1.11 bits per heavy atom. The fraction of sp³-hybridized carbons (Fsp3) is 0.647. The molecule has 2 heteroatoms. The maximum Gasteiger partial charge on any atom is 0.0351 e. The zero-order valence-corrected chi connectivity index (χ0v) is 12.2. The van der Waals surface area contributed by atoms with E-state index in [1.165, 1.54) is 32.2 Å². The number of piperidine rings is 1. The molecular formula is C17H26N2. The maximum atomic E-state index is 3.55. The topological polar surface area (TPSA) is 15.3 Å². The Bertz CT molecular complexity index is 423. The fourth-order valence-corrected chi connectivity index (χ4v) is 3.84. The Hall–Kier alpha value is -0.860. The number of fused-ring (bicyclic) bond motifs is 1. The maximum absolute atomic E-state index is 3.55. The van der Waals surface area contributed by atoms with Crippen LogP contribution in [0, 0.1) is 0 Å². The summed E-state index contributed by atoms with van der Waals surface area (Å²) in [4.78, 5) is 2.64. The number of benzene rings is 1. The van der Waals surface area contributed by atoms with Gasteiger partial charge in [-0.2, -0.15) is 0 Å². The van der Waals surface area contributed by atoms with Gasteiger partial charge in [-0.25, -0.2) is 0 Å². The monoisotopic (exact) mass is 258 g/mol. The minimum absolute atomic E-state index is 0.622. The highest BCUT2D eigenvalue weighted by atomic mass is 15.2. The van der Waals surface area contributed by atoms with Gasteiger partial charge in [0.1, 0.15) is 0 Å². The molecule has 1 heterocycles. The first-order valence-electron chi connectivity index (χ1n) is 7.79. The van der Waals surface area contributed by atoms with Crippen LogP contribution in [-0.2, 0) is 0 Å². The van der Waals surface area contributed by atoms with Gasteiger partial charge in [-0.3, -0.25) is 4.90 Å². The van der Waals surface area contributed by atoms with Crippen LogP contribution in [-0.4, -0.2) is 31.1 Å². The number of nitrogens with one attached hydrogen (secondary N) is 1. The quantitative estimate of drug-likeness (QED) is 0.875. The van der Waals surface area contributed by atoms with Gasteiger partial charge in [-0.1, -0.05) is 31.2 Å². The van der Waals surface area contributed by atoms with Crippen molar-refractivity contribution in [3.63, 3.8) is 0 Å². The van der Waals surface area contributed by atoms with Gasteiger partial charge in [-0.15, -0.1) is 0 Å². The SMILES string of the molecule is CC1CCC(N(C)C2CCCNC2)c2ccccc21. The number of hydrogen-bond acceptors (Lipinski definition) is 2. The summed E-state index contributed by atoms with van der Waals surface area (Å²) in [5, 5.41) is 3.55. The van der Waals surface area contributed by atoms with Crippen LogP contribution in [0.5, 0.6) is 0 Å². The van der Waals surface area contributed by atoms with Crippen molar-refractivity contribution in [1.29, 1.82) is 0 Å². The van der Waals surface area contributed by atoms with E-state index in [1.54, 1.807) is 11.1 Å². The van der Waals surface area contributed by atoms with Crippen LogP contribution in [0.1, 0.15) is 55.7 Å². The van der Waals surface area contributed by atoms with Crippen molar-refractivity contribution in [2.75, 3.05) is 20.1 Å². The first kappa shape index (κ1) is 13.1.